The van der Waals surface area contributed by atoms with Gasteiger partial charge in [-0.25, -0.2) is 9.67 Å². The van der Waals surface area contributed by atoms with Gasteiger partial charge in [-0.05, 0) is 40.4 Å². The molecule has 1 N–H and O–H groups in total. The Labute approximate surface area is 137 Å². The fourth-order valence-corrected chi connectivity index (χ4v) is 2.98. The lowest BCUT2D eigenvalue weighted by atomic mass is 10.2. The van der Waals surface area contributed by atoms with Gasteiger partial charge in [-0.2, -0.15) is 5.10 Å². The molecule has 0 unspecified atom stereocenters. The fourth-order valence-electron chi connectivity index (χ4n) is 2.49. The molecule has 2 aromatic rings. The van der Waals surface area contributed by atoms with Gasteiger partial charge in [-0.15, -0.1) is 0 Å². The third-order valence-electron chi connectivity index (χ3n) is 3.80. The van der Waals surface area contributed by atoms with Crippen molar-refractivity contribution >= 4 is 27.4 Å². The molecule has 0 spiro atoms. The first kappa shape index (κ1) is 15.0. The zero-order valence-corrected chi connectivity index (χ0v) is 14.0. The van der Waals surface area contributed by atoms with Crippen LogP contribution in [-0.2, 0) is 13.6 Å². The molecule has 0 aromatic carbocycles. The monoisotopic (exact) mass is 363 g/mol. The number of nitrogens with zero attached hydrogens (tertiary/aromatic N) is 4. The summed E-state index contributed by atoms with van der Waals surface area (Å²) in [5.74, 6) is 1.04. The first-order chi connectivity index (χ1) is 10.6. The molecular weight excluding hydrogens is 346 g/mol. The van der Waals surface area contributed by atoms with Gasteiger partial charge in [0, 0.05) is 32.9 Å². The van der Waals surface area contributed by atoms with E-state index >= 15 is 0 Å². The highest BCUT2D eigenvalue weighted by Gasteiger charge is 2.13. The molecular formula is C15H18BrN5O. The third kappa shape index (κ3) is 3.14. The molecule has 0 amide bonds. The minimum Gasteiger partial charge on any atom is -0.379 e. The molecule has 3 heterocycles. The van der Waals surface area contributed by atoms with Crippen LogP contribution in [-0.4, -0.2) is 27.9 Å². The van der Waals surface area contributed by atoms with Gasteiger partial charge in [-0.3, -0.25) is 4.79 Å². The first-order valence-corrected chi connectivity index (χ1v) is 8.10. The number of halogens is 1. The predicted molar refractivity (Wildman–Crippen MR) is 90.2 cm³/mol. The smallest absolute Gasteiger partial charge is 0.282 e. The largest absolute Gasteiger partial charge is 0.379 e. The Bertz CT molecular complexity index is 707. The summed E-state index contributed by atoms with van der Waals surface area (Å²) in [6, 6.07) is 4.12. The zero-order valence-electron chi connectivity index (χ0n) is 12.4. The van der Waals surface area contributed by atoms with Crippen molar-refractivity contribution in [1.82, 2.24) is 14.8 Å². The van der Waals surface area contributed by atoms with Gasteiger partial charge in [0.25, 0.3) is 5.56 Å². The van der Waals surface area contributed by atoms with Gasteiger partial charge >= 0.3 is 0 Å². The average molecular weight is 364 g/mol. The number of anilines is 2. The summed E-state index contributed by atoms with van der Waals surface area (Å²) in [6.07, 6.45) is 6.00. The lowest BCUT2D eigenvalue weighted by Gasteiger charge is -2.16. The predicted octanol–water partition coefficient (Wildman–Crippen LogP) is 2.15. The highest BCUT2D eigenvalue weighted by Crippen LogP contribution is 2.19. The molecule has 0 bridgehead atoms. The van der Waals surface area contributed by atoms with Crippen LogP contribution in [0, 0.1) is 0 Å². The van der Waals surface area contributed by atoms with Gasteiger partial charge in [0.05, 0.1) is 11.9 Å². The molecule has 0 radical (unpaired) electrons. The van der Waals surface area contributed by atoms with Crippen molar-refractivity contribution in [2.45, 2.75) is 19.4 Å². The number of hydrogen-bond acceptors (Lipinski definition) is 5. The maximum Gasteiger partial charge on any atom is 0.282 e. The quantitative estimate of drug-likeness (QED) is 0.901. The van der Waals surface area contributed by atoms with Gasteiger partial charge < -0.3 is 10.2 Å². The molecule has 22 heavy (non-hydrogen) atoms. The van der Waals surface area contributed by atoms with Crippen molar-refractivity contribution < 1.29 is 0 Å². The lowest BCUT2D eigenvalue weighted by Crippen LogP contribution is -2.21. The molecule has 3 rings (SSSR count). The van der Waals surface area contributed by atoms with Crippen LogP contribution >= 0.6 is 15.9 Å². The van der Waals surface area contributed by atoms with Gasteiger partial charge in [-0.1, -0.05) is 6.07 Å². The van der Waals surface area contributed by atoms with Crippen LogP contribution in [0.5, 0.6) is 0 Å². The van der Waals surface area contributed by atoms with Crippen LogP contribution < -0.4 is 15.8 Å². The number of hydrogen-bond donors (Lipinski definition) is 1. The van der Waals surface area contributed by atoms with Crippen LogP contribution in [0.1, 0.15) is 18.4 Å². The molecule has 0 saturated carbocycles. The number of rotatable bonds is 4. The Morgan fingerprint density at radius 3 is 2.73 bits per heavy atom. The summed E-state index contributed by atoms with van der Waals surface area (Å²) in [4.78, 5) is 18.6. The van der Waals surface area contributed by atoms with Crippen molar-refractivity contribution in [3.05, 3.63) is 44.9 Å². The topological polar surface area (TPSA) is 63.1 Å². The van der Waals surface area contributed by atoms with E-state index in [0.29, 0.717) is 16.7 Å². The summed E-state index contributed by atoms with van der Waals surface area (Å²) in [5.41, 5.74) is 1.59. The molecule has 1 aliphatic heterocycles. The summed E-state index contributed by atoms with van der Waals surface area (Å²) >= 11 is 3.30. The van der Waals surface area contributed by atoms with Gasteiger partial charge in [0.1, 0.15) is 10.3 Å². The van der Waals surface area contributed by atoms with Crippen LogP contribution in [0.15, 0.2) is 33.8 Å². The normalized spacial score (nSPS) is 14.4. The van der Waals surface area contributed by atoms with Crippen molar-refractivity contribution in [3.63, 3.8) is 0 Å². The molecule has 1 fully saturated rings. The van der Waals surface area contributed by atoms with E-state index < -0.39 is 0 Å². The SMILES string of the molecule is Cn1ncc(NCc2ccc(N3CCCC3)nc2)c(Br)c1=O. The maximum absolute atomic E-state index is 11.8. The van der Waals surface area contributed by atoms with Crippen molar-refractivity contribution in [2.75, 3.05) is 23.3 Å². The van der Waals surface area contributed by atoms with E-state index in [1.54, 1.807) is 13.2 Å². The van der Waals surface area contributed by atoms with E-state index in [1.165, 1.54) is 17.5 Å². The fraction of sp³-hybridized carbons (Fsp3) is 0.400. The Kier molecular flexibility index (Phi) is 4.42. The van der Waals surface area contributed by atoms with Crippen LogP contribution in [0.3, 0.4) is 0 Å². The highest BCUT2D eigenvalue weighted by molar-refractivity contribution is 9.10. The van der Waals surface area contributed by atoms with Gasteiger partial charge in [0.15, 0.2) is 0 Å². The third-order valence-corrected chi connectivity index (χ3v) is 4.57. The molecule has 6 nitrogen and oxygen atoms in total. The number of nitrogens with one attached hydrogen (secondary N) is 1. The van der Waals surface area contributed by atoms with E-state index in [4.69, 9.17) is 0 Å². The van der Waals surface area contributed by atoms with Crippen LogP contribution in [0.2, 0.25) is 0 Å². The Morgan fingerprint density at radius 2 is 2.05 bits per heavy atom. The maximum atomic E-state index is 11.8. The zero-order chi connectivity index (χ0) is 15.5. The van der Waals surface area contributed by atoms with Crippen LogP contribution in [0.4, 0.5) is 11.5 Å². The molecule has 0 aliphatic carbocycles. The van der Waals surface area contributed by atoms with Gasteiger partial charge in [0.2, 0.25) is 0 Å². The van der Waals surface area contributed by atoms with Crippen LogP contribution in [0.25, 0.3) is 0 Å². The van der Waals surface area contributed by atoms with E-state index in [2.05, 4.69) is 48.4 Å². The average Bonchev–Trinajstić information content (AvgIpc) is 3.07. The van der Waals surface area contributed by atoms with E-state index in [0.717, 1.165) is 24.5 Å². The molecule has 0 atom stereocenters. The minimum absolute atomic E-state index is 0.160. The van der Waals surface area contributed by atoms with E-state index in [-0.39, 0.29) is 5.56 Å². The molecule has 7 heteroatoms. The van der Waals surface area contributed by atoms with Crippen molar-refractivity contribution in [1.29, 1.82) is 0 Å². The molecule has 2 aromatic heterocycles. The number of aryl methyl sites for hydroxylation is 1. The van der Waals surface area contributed by atoms with E-state index in [1.807, 2.05) is 6.20 Å². The number of aromatic nitrogens is 3. The second kappa shape index (κ2) is 6.48. The number of pyridine rings is 1. The Hall–Kier alpha value is -1.89. The lowest BCUT2D eigenvalue weighted by molar-refractivity contribution is 0.703. The standard InChI is InChI=1S/C15H18BrN5O/c1-20-15(22)14(16)12(10-19-20)17-8-11-4-5-13(18-9-11)21-6-2-3-7-21/h4-5,9-10,17H,2-3,6-8H2,1H3. The van der Waals surface area contributed by atoms with E-state index in [9.17, 15) is 4.79 Å². The molecule has 116 valence electrons. The minimum atomic E-state index is -0.160. The summed E-state index contributed by atoms with van der Waals surface area (Å²) in [6.45, 7) is 2.79. The summed E-state index contributed by atoms with van der Waals surface area (Å²) in [5, 5.41) is 7.22. The second-order valence-electron chi connectivity index (χ2n) is 5.37. The highest BCUT2D eigenvalue weighted by atomic mass is 79.9. The Balaban J connectivity index is 1.66. The molecule has 1 aliphatic rings. The molecule has 1 saturated heterocycles. The Morgan fingerprint density at radius 1 is 1.27 bits per heavy atom. The van der Waals surface area contributed by atoms with Crippen molar-refractivity contribution in [2.24, 2.45) is 7.05 Å². The summed E-state index contributed by atoms with van der Waals surface area (Å²) in [7, 11) is 1.62. The first-order valence-electron chi connectivity index (χ1n) is 7.31. The second-order valence-corrected chi connectivity index (χ2v) is 6.17. The summed E-state index contributed by atoms with van der Waals surface area (Å²) < 4.78 is 1.79. The van der Waals surface area contributed by atoms with Crippen molar-refractivity contribution in [3.8, 4) is 0 Å².